The molecule has 0 N–H and O–H groups in total. The van der Waals surface area contributed by atoms with Crippen molar-refractivity contribution in [1.82, 2.24) is 19.6 Å². The number of aryl methyl sites for hydroxylation is 1. The Morgan fingerprint density at radius 1 is 1.00 bits per heavy atom. The molecule has 0 aliphatic carbocycles. The summed E-state index contributed by atoms with van der Waals surface area (Å²) in [5.74, 6) is 0.785. The zero-order valence-corrected chi connectivity index (χ0v) is 24.6. The summed E-state index contributed by atoms with van der Waals surface area (Å²) in [5.41, 5.74) is 8.29. The Morgan fingerprint density at radius 3 is 2.60 bits per heavy atom. The predicted octanol–water partition coefficient (Wildman–Crippen LogP) is 5.82. The molecule has 0 fully saturated rings. The summed E-state index contributed by atoms with van der Waals surface area (Å²) < 4.78 is 46.0. The number of methoxy groups -OCH3 is 1. The molecule has 0 saturated carbocycles. The number of fused-ring (bicyclic) bond motifs is 4. The number of halogens is 1. The maximum Gasteiger partial charge on any atom is 0.245 e. The fraction of sp³-hybridized carbons (Fsp3) is 0.258. The van der Waals surface area contributed by atoms with E-state index >= 15 is 0 Å². The second-order valence-corrected chi connectivity index (χ2v) is 12.8. The van der Waals surface area contributed by atoms with Gasteiger partial charge >= 0.3 is 0 Å². The molecule has 0 bridgehead atoms. The van der Waals surface area contributed by atoms with Crippen molar-refractivity contribution in [3.05, 3.63) is 99.2 Å². The average Bonchev–Trinajstić information content (AvgIpc) is 3.51. The van der Waals surface area contributed by atoms with Crippen molar-refractivity contribution in [2.75, 3.05) is 13.7 Å². The van der Waals surface area contributed by atoms with Crippen LogP contribution in [0, 0.1) is 6.92 Å². The third-order valence-corrected chi connectivity index (χ3v) is 10.3. The highest BCUT2D eigenvalue weighted by Crippen LogP contribution is 2.41. The van der Waals surface area contributed by atoms with Gasteiger partial charge in [0.15, 0.2) is 11.0 Å². The van der Waals surface area contributed by atoms with Crippen molar-refractivity contribution in [1.29, 1.82) is 0 Å². The van der Waals surface area contributed by atoms with Crippen molar-refractivity contribution < 1.29 is 22.5 Å². The minimum absolute atomic E-state index is 0.0132. The fourth-order valence-electron chi connectivity index (χ4n) is 5.97. The quantitative estimate of drug-likeness (QED) is 0.248. The lowest BCUT2D eigenvalue weighted by atomic mass is 9.86. The monoisotopic (exact) mass is 602 g/mol. The van der Waals surface area contributed by atoms with E-state index in [2.05, 4.69) is 29.4 Å². The van der Waals surface area contributed by atoms with Crippen LogP contribution in [0.1, 0.15) is 39.6 Å². The van der Waals surface area contributed by atoms with Gasteiger partial charge in [-0.3, -0.25) is 4.98 Å². The van der Waals surface area contributed by atoms with Crippen molar-refractivity contribution in [3.63, 3.8) is 0 Å². The van der Waals surface area contributed by atoms with E-state index in [1.165, 1.54) is 16.4 Å². The van der Waals surface area contributed by atoms with E-state index in [-0.39, 0.29) is 40.1 Å². The van der Waals surface area contributed by atoms with E-state index < -0.39 is 10.0 Å². The number of aromatic nitrogens is 3. The van der Waals surface area contributed by atoms with E-state index in [0.29, 0.717) is 19.4 Å². The Kier molecular flexibility index (Phi) is 6.73. The summed E-state index contributed by atoms with van der Waals surface area (Å²) in [6.07, 6.45) is 0.941. The molecule has 2 aliphatic rings. The number of sulfonamides is 1. The zero-order chi connectivity index (χ0) is 29.0. The average molecular weight is 603 g/mol. The van der Waals surface area contributed by atoms with Gasteiger partial charge in [0.2, 0.25) is 10.0 Å². The molecule has 7 rings (SSSR count). The Labute approximate surface area is 248 Å². The van der Waals surface area contributed by atoms with Crippen LogP contribution in [0.25, 0.3) is 22.3 Å². The SMILES string of the molecule is COc1ccc(-c2nc3c(c4c2CC(c2ccccc2)OC4)CN(S(=O)(=O)c2ccc(Cl)c4nonc24)CC3)c(C)c1. The molecule has 2 aliphatic heterocycles. The largest absolute Gasteiger partial charge is 0.497 e. The first kappa shape index (κ1) is 27.0. The summed E-state index contributed by atoms with van der Waals surface area (Å²) in [6.45, 7) is 2.85. The van der Waals surface area contributed by atoms with Gasteiger partial charge in [-0.15, -0.1) is 0 Å². The highest BCUT2D eigenvalue weighted by molar-refractivity contribution is 7.89. The molecule has 3 aromatic carbocycles. The minimum atomic E-state index is -3.95. The van der Waals surface area contributed by atoms with Crippen LogP contribution in [0.3, 0.4) is 0 Å². The first-order chi connectivity index (χ1) is 20.3. The van der Waals surface area contributed by atoms with Gasteiger partial charge in [-0.25, -0.2) is 13.0 Å². The van der Waals surface area contributed by atoms with Crippen LogP contribution in [0.4, 0.5) is 0 Å². The van der Waals surface area contributed by atoms with Crippen LogP contribution >= 0.6 is 11.6 Å². The van der Waals surface area contributed by atoms with Gasteiger partial charge in [0.1, 0.15) is 10.6 Å². The van der Waals surface area contributed by atoms with E-state index in [4.69, 9.17) is 30.7 Å². The van der Waals surface area contributed by atoms with Gasteiger partial charge in [0.25, 0.3) is 0 Å². The molecular weight excluding hydrogens is 576 g/mol. The number of nitrogens with zero attached hydrogens (tertiary/aromatic N) is 4. The smallest absolute Gasteiger partial charge is 0.245 e. The summed E-state index contributed by atoms with van der Waals surface area (Å²) in [6, 6.07) is 19.1. The number of benzene rings is 3. The first-order valence-corrected chi connectivity index (χ1v) is 15.4. The van der Waals surface area contributed by atoms with Crippen molar-refractivity contribution in [3.8, 4) is 17.0 Å². The minimum Gasteiger partial charge on any atom is -0.497 e. The molecule has 4 heterocycles. The molecule has 2 aromatic heterocycles. The predicted molar refractivity (Wildman–Crippen MR) is 157 cm³/mol. The maximum absolute atomic E-state index is 13.9. The van der Waals surface area contributed by atoms with Gasteiger partial charge in [-0.2, -0.15) is 4.31 Å². The Morgan fingerprint density at radius 2 is 1.81 bits per heavy atom. The second-order valence-electron chi connectivity index (χ2n) is 10.5. The highest BCUT2D eigenvalue weighted by atomic mass is 35.5. The lowest BCUT2D eigenvalue weighted by Crippen LogP contribution is -2.38. The van der Waals surface area contributed by atoms with E-state index in [1.807, 2.05) is 36.4 Å². The molecule has 0 amide bonds. The van der Waals surface area contributed by atoms with Gasteiger partial charge in [0.05, 0.1) is 30.5 Å². The molecule has 0 radical (unpaired) electrons. The molecule has 9 nitrogen and oxygen atoms in total. The van der Waals surface area contributed by atoms with Crippen molar-refractivity contribution >= 4 is 32.7 Å². The highest BCUT2D eigenvalue weighted by Gasteiger charge is 2.36. The van der Waals surface area contributed by atoms with Crippen LogP contribution in [-0.2, 0) is 40.8 Å². The molecule has 5 aromatic rings. The number of hydrogen-bond donors (Lipinski definition) is 0. The van der Waals surface area contributed by atoms with Crippen LogP contribution < -0.4 is 4.74 Å². The number of hydrogen-bond acceptors (Lipinski definition) is 8. The van der Waals surface area contributed by atoms with Crippen LogP contribution in [-0.4, -0.2) is 41.7 Å². The molecule has 214 valence electrons. The lowest BCUT2D eigenvalue weighted by molar-refractivity contribution is 0.0265. The second kappa shape index (κ2) is 10.5. The van der Waals surface area contributed by atoms with Crippen molar-refractivity contribution in [2.24, 2.45) is 0 Å². The summed E-state index contributed by atoms with van der Waals surface area (Å²) >= 11 is 6.20. The molecule has 42 heavy (non-hydrogen) atoms. The number of ether oxygens (including phenoxy) is 2. The molecule has 11 heteroatoms. The van der Waals surface area contributed by atoms with Gasteiger partial charge in [0, 0.05) is 37.2 Å². The van der Waals surface area contributed by atoms with Crippen molar-refractivity contribution in [2.45, 2.75) is 43.9 Å². The maximum atomic E-state index is 13.9. The van der Waals surface area contributed by atoms with Gasteiger partial charge in [-0.1, -0.05) is 41.9 Å². The van der Waals surface area contributed by atoms with Gasteiger partial charge < -0.3 is 9.47 Å². The molecule has 1 atom stereocenters. The molecule has 0 spiro atoms. The first-order valence-electron chi connectivity index (χ1n) is 13.6. The third kappa shape index (κ3) is 4.46. The normalized spacial score (nSPS) is 17.2. The summed E-state index contributed by atoms with van der Waals surface area (Å²) in [4.78, 5) is 5.22. The summed E-state index contributed by atoms with van der Waals surface area (Å²) in [7, 11) is -2.29. The third-order valence-electron chi connectivity index (χ3n) is 8.17. The van der Waals surface area contributed by atoms with Crippen LogP contribution in [0.2, 0.25) is 5.02 Å². The molecule has 1 unspecified atom stereocenters. The van der Waals surface area contributed by atoms with E-state index in [9.17, 15) is 8.42 Å². The van der Waals surface area contributed by atoms with Crippen LogP contribution in [0.15, 0.2) is 70.2 Å². The zero-order valence-electron chi connectivity index (χ0n) is 23.0. The lowest BCUT2D eigenvalue weighted by Gasteiger charge is -2.34. The molecule has 0 saturated heterocycles. The Hall–Kier alpha value is -3.83. The molecular formula is C31H27ClN4O5S. The summed E-state index contributed by atoms with van der Waals surface area (Å²) in [5, 5.41) is 7.90. The Bertz CT molecular complexity index is 1940. The fourth-order valence-corrected chi connectivity index (χ4v) is 7.68. The topological polar surface area (TPSA) is 108 Å². The van der Waals surface area contributed by atoms with Crippen LogP contribution in [0.5, 0.6) is 5.75 Å². The number of rotatable bonds is 5. The number of pyridine rings is 1. The van der Waals surface area contributed by atoms with E-state index in [0.717, 1.165) is 50.5 Å². The standard InChI is InChI=1S/C31H27ClN4O5S/c1-18-14-20(39-2)8-9-21(18)29-22-15-27(19-6-4-3-5-7-19)40-17-24(22)23-16-36(13-12-26(23)33-29)42(37,38)28-11-10-25(32)30-31(28)35-41-34-30/h3-11,14,27H,12-13,15-17H2,1-2H3. The van der Waals surface area contributed by atoms with E-state index in [1.54, 1.807) is 7.11 Å². The van der Waals surface area contributed by atoms with Gasteiger partial charge in [-0.05, 0) is 75.4 Å². The Balaban J connectivity index is 1.33.